The minimum absolute atomic E-state index is 0.172. The average Bonchev–Trinajstić information content (AvgIpc) is 3.31. The first-order valence-corrected chi connectivity index (χ1v) is 30.2. The van der Waals surface area contributed by atoms with Gasteiger partial charge in [-0.15, -0.1) is 0 Å². The first kappa shape index (κ1) is 67.3. The summed E-state index contributed by atoms with van der Waals surface area (Å²) in [5.41, 5.74) is 0. The van der Waals surface area contributed by atoms with Crippen molar-refractivity contribution < 1.29 is 42.9 Å². The van der Waals surface area contributed by atoms with Gasteiger partial charge in [-0.25, -0.2) is 4.79 Å². The van der Waals surface area contributed by atoms with E-state index in [1.807, 2.05) is 21.1 Å². The van der Waals surface area contributed by atoms with Gasteiger partial charge in [-0.2, -0.15) is 0 Å². The quantitative estimate of drug-likeness (QED) is 0.0278. The molecule has 0 saturated heterocycles. The van der Waals surface area contributed by atoms with Crippen molar-refractivity contribution in [2.24, 2.45) is 0 Å². The summed E-state index contributed by atoms with van der Waals surface area (Å²) in [6.45, 7) is 4.95. The fourth-order valence-corrected chi connectivity index (χ4v) is 9.19. The zero-order chi connectivity index (χ0) is 50.6. The Kier molecular flexibility index (Phi) is 51.3. The number of aliphatic carboxylic acids is 1. The maximum Gasteiger partial charge on any atom is 0.361 e. The molecule has 1 N–H and O–H groups in total. The van der Waals surface area contributed by atoms with Gasteiger partial charge in [0.1, 0.15) is 13.2 Å². The number of hydrogen-bond donors (Lipinski definition) is 1. The highest BCUT2D eigenvalue weighted by Gasteiger charge is 2.25. The molecule has 9 heteroatoms. The van der Waals surface area contributed by atoms with E-state index < -0.39 is 18.4 Å². The molecule has 0 aromatic rings. The lowest BCUT2D eigenvalue weighted by Crippen LogP contribution is -2.40. The molecule has 0 spiro atoms. The molecule has 0 fully saturated rings. The Morgan fingerprint density at radius 3 is 0.928 bits per heavy atom. The zero-order valence-corrected chi connectivity index (χ0v) is 46.8. The van der Waals surface area contributed by atoms with Crippen LogP contribution in [0.3, 0.4) is 0 Å². The predicted molar refractivity (Wildman–Crippen MR) is 291 cm³/mol. The van der Waals surface area contributed by atoms with Crippen molar-refractivity contribution in [1.82, 2.24) is 0 Å². The average molecular weight is 982 g/mol. The first-order chi connectivity index (χ1) is 33.6. The Morgan fingerprint density at radius 1 is 0.377 bits per heavy atom. The third kappa shape index (κ3) is 53.9. The number of hydrogen-bond acceptors (Lipinski definition) is 7. The lowest BCUT2D eigenvalue weighted by Gasteiger charge is -2.25. The second-order valence-electron chi connectivity index (χ2n) is 22.0. The summed E-state index contributed by atoms with van der Waals surface area (Å²) >= 11 is 0. The van der Waals surface area contributed by atoms with Gasteiger partial charge in [-0.3, -0.25) is 9.59 Å². The summed E-state index contributed by atoms with van der Waals surface area (Å²) in [7, 11) is 5.98. The highest BCUT2D eigenvalue weighted by molar-refractivity contribution is 5.71. The second-order valence-corrected chi connectivity index (χ2v) is 22.0. The fourth-order valence-electron chi connectivity index (χ4n) is 9.19. The van der Waals surface area contributed by atoms with Crippen LogP contribution in [0.4, 0.5) is 0 Å². The Hall–Kier alpha value is -1.71. The van der Waals surface area contributed by atoms with E-state index in [-0.39, 0.29) is 38.2 Å². The van der Waals surface area contributed by atoms with E-state index in [4.69, 9.17) is 18.9 Å². The minimum Gasteiger partial charge on any atom is -0.477 e. The molecule has 0 aliphatic rings. The van der Waals surface area contributed by atoms with Crippen molar-refractivity contribution >= 4 is 17.9 Å². The number of unbranched alkanes of at least 4 members (excludes halogenated alkanes) is 42. The van der Waals surface area contributed by atoms with Crippen LogP contribution in [0.2, 0.25) is 0 Å². The molecule has 0 radical (unpaired) electrons. The minimum atomic E-state index is -1.50. The van der Waals surface area contributed by atoms with E-state index in [1.54, 1.807) is 0 Å². The number of nitrogens with zero attached hydrogens (tertiary/aromatic N) is 1. The predicted octanol–water partition coefficient (Wildman–Crippen LogP) is 17.6. The lowest BCUT2D eigenvalue weighted by molar-refractivity contribution is -0.870. The SMILES string of the molecule is CCCCCCCCCCCCCCCCCCCCCCCCCCCCCCCC(=O)OC(COC(=O)CCCCCCCCCCCCCCCCC)COC(OCC[N+](C)(C)C)C(=O)O. The second kappa shape index (κ2) is 52.6. The Labute approximate surface area is 428 Å². The normalized spacial score (nSPS) is 12.7. The molecule has 410 valence electrons. The van der Waals surface area contributed by atoms with Gasteiger partial charge in [0.25, 0.3) is 6.29 Å². The third-order valence-corrected chi connectivity index (χ3v) is 13.9. The molecule has 0 amide bonds. The van der Waals surface area contributed by atoms with Gasteiger partial charge in [0.05, 0.1) is 34.4 Å². The largest absolute Gasteiger partial charge is 0.477 e. The number of rotatable bonds is 57. The maximum atomic E-state index is 12.9. The molecule has 2 unspecified atom stereocenters. The molecule has 0 rings (SSSR count). The van der Waals surface area contributed by atoms with Crippen molar-refractivity contribution in [2.45, 2.75) is 322 Å². The standard InChI is InChI=1S/C60H117NO8/c1-6-8-10-12-14-16-18-20-22-23-24-25-26-27-28-29-30-31-32-33-34-35-37-39-41-43-45-47-49-51-58(63)69-56(55-68-60(59(64)65)66-53-52-61(3,4)5)54-67-57(62)50-48-46-44-42-40-38-36-21-19-17-15-13-11-9-7-2/h56,60H,6-55H2,1-5H3/p+1. The van der Waals surface area contributed by atoms with E-state index in [1.165, 1.54) is 244 Å². The van der Waals surface area contributed by atoms with Crippen molar-refractivity contribution in [2.75, 3.05) is 47.5 Å². The van der Waals surface area contributed by atoms with Crippen LogP contribution in [-0.2, 0) is 33.3 Å². The number of carboxylic acid groups (broad SMARTS) is 1. The number of carbonyl (C=O) groups excluding carboxylic acids is 2. The lowest BCUT2D eigenvalue weighted by atomic mass is 10.0. The zero-order valence-electron chi connectivity index (χ0n) is 46.8. The monoisotopic (exact) mass is 981 g/mol. The smallest absolute Gasteiger partial charge is 0.361 e. The van der Waals surface area contributed by atoms with Crippen LogP contribution in [0.15, 0.2) is 0 Å². The Morgan fingerprint density at radius 2 is 0.652 bits per heavy atom. The van der Waals surface area contributed by atoms with E-state index >= 15 is 0 Å². The number of likely N-dealkylation sites (N-methyl/N-ethyl adjacent to an activating group) is 1. The number of esters is 2. The van der Waals surface area contributed by atoms with Crippen LogP contribution in [0.25, 0.3) is 0 Å². The highest BCUT2D eigenvalue weighted by Crippen LogP contribution is 2.18. The van der Waals surface area contributed by atoms with Crippen molar-refractivity contribution in [3.8, 4) is 0 Å². The van der Waals surface area contributed by atoms with E-state index in [0.29, 0.717) is 17.4 Å². The fraction of sp³-hybridized carbons (Fsp3) is 0.950. The van der Waals surface area contributed by atoms with Gasteiger partial charge in [0, 0.05) is 12.8 Å². The van der Waals surface area contributed by atoms with Gasteiger partial charge >= 0.3 is 17.9 Å². The van der Waals surface area contributed by atoms with Gasteiger partial charge in [0.2, 0.25) is 0 Å². The Bertz CT molecular complexity index is 1100. The van der Waals surface area contributed by atoms with Crippen LogP contribution in [0.5, 0.6) is 0 Å². The van der Waals surface area contributed by atoms with Gasteiger partial charge in [0.15, 0.2) is 6.10 Å². The van der Waals surface area contributed by atoms with Crippen molar-refractivity contribution in [3.63, 3.8) is 0 Å². The molecule has 69 heavy (non-hydrogen) atoms. The molecule has 0 aromatic carbocycles. The van der Waals surface area contributed by atoms with Gasteiger partial charge in [-0.1, -0.05) is 284 Å². The van der Waals surface area contributed by atoms with E-state index in [9.17, 15) is 19.5 Å². The molecule has 9 nitrogen and oxygen atoms in total. The first-order valence-electron chi connectivity index (χ1n) is 30.2. The summed E-state index contributed by atoms with van der Waals surface area (Å²) in [5, 5.41) is 9.70. The molecule has 0 aliphatic heterocycles. The highest BCUT2D eigenvalue weighted by atomic mass is 16.7. The van der Waals surface area contributed by atoms with Crippen LogP contribution in [0, 0.1) is 0 Å². The van der Waals surface area contributed by atoms with Crippen molar-refractivity contribution in [1.29, 1.82) is 0 Å². The van der Waals surface area contributed by atoms with Crippen LogP contribution in [0.1, 0.15) is 309 Å². The topological polar surface area (TPSA) is 108 Å². The van der Waals surface area contributed by atoms with Crippen LogP contribution >= 0.6 is 0 Å². The molecule has 2 atom stereocenters. The molecule has 0 bridgehead atoms. The van der Waals surface area contributed by atoms with Gasteiger partial charge in [-0.05, 0) is 12.8 Å². The maximum absolute atomic E-state index is 12.9. The third-order valence-electron chi connectivity index (χ3n) is 13.9. The summed E-state index contributed by atoms with van der Waals surface area (Å²) in [6, 6.07) is 0. The number of quaternary nitrogens is 1. The molecule has 0 aliphatic carbocycles. The molecular formula is C60H118NO8+. The summed E-state index contributed by atoms with van der Waals surface area (Å²) < 4.78 is 22.9. The van der Waals surface area contributed by atoms with Crippen molar-refractivity contribution in [3.05, 3.63) is 0 Å². The number of carboxylic acids is 1. The summed E-state index contributed by atoms with van der Waals surface area (Å²) in [5.74, 6) is -1.97. The molecule has 0 aromatic heterocycles. The molecule has 0 heterocycles. The number of ether oxygens (including phenoxy) is 4. The van der Waals surface area contributed by atoms with E-state index in [2.05, 4.69) is 13.8 Å². The van der Waals surface area contributed by atoms with E-state index in [0.717, 1.165) is 38.5 Å². The Balaban J connectivity index is 4.08. The van der Waals surface area contributed by atoms with Gasteiger partial charge < -0.3 is 28.5 Å². The summed E-state index contributed by atoms with van der Waals surface area (Å²) in [6.07, 6.45) is 56.2. The van der Waals surface area contributed by atoms with Crippen LogP contribution < -0.4 is 0 Å². The molecule has 0 saturated carbocycles. The molecular weight excluding hydrogens is 863 g/mol. The number of carbonyl (C=O) groups is 3. The van der Waals surface area contributed by atoms with Crippen LogP contribution in [-0.4, -0.2) is 87.4 Å². The summed E-state index contributed by atoms with van der Waals surface area (Å²) in [4.78, 5) is 37.4.